The lowest BCUT2D eigenvalue weighted by Crippen LogP contribution is -2.57. The van der Waals surface area contributed by atoms with Gasteiger partial charge >= 0.3 is 0 Å². The second-order valence-electron chi connectivity index (χ2n) is 6.29. The quantitative estimate of drug-likeness (QED) is 0.831. The third-order valence-corrected chi connectivity index (χ3v) is 5.01. The third-order valence-electron chi connectivity index (χ3n) is 5.01. The highest BCUT2D eigenvalue weighted by Crippen LogP contribution is 2.37. The molecule has 4 heteroatoms. The van der Waals surface area contributed by atoms with Gasteiger partial charge in [0.15, 0.2) is 0 Å². The van der Waals surface area contributed by atoms with Crippen LogP contribution in [0.25, 0.3) is 0 Å². The van der Waals surface area contributed by atoms with Crippen molar-refractivity contribution < 1.29 is 0 Å². The molecule has 1 heterocycles. The van der Waals surface area contributed by atoms with Crippen molar-refractivity contribution in [3.05, 3.63) is 18.2 Å². The Bertz CT molecular complexity index is 404. The van der Waals surface area contributed by atoms with E-state index >= 15 is 0 Å². The van der Waals surface area contributed by atoms with Gasteiger partial charge in [-0.2, -0.15) is 0 Å². The summed E-state index contributed by atoms with van der Waals surface area (Å²) in [6, 6.07) is 0.470. The molecule has 1 aromatic heterocycles. The monoisotopic (exact) mass is 278 g/mol. The van der Waals surface area contributed by atoms with Gasteiger partial charge in [-0.3, -0.25) is 0 Å². The maximum atomic E-state index is 4.59. The molecule has 1 aromatic rings. The van der Waals surface area contributed by atoms with Crippen molar-refractivity contribution in [2.24, 2.45) is 0 Å². The first kappa shape index (κ1) is 15.5. The fourth-order valence-corrected chi connectivity index (χ4v) is 3.81. The van der Waals surface area contributed by atoms with Crippen molar-refractivity contribution in [2.45, 2.75) is 63.6 Å². The molecule has 1 aliphatic carbocycles. The number of hydrogen-bond donors (Lipinski definition) is 1. The Hall–Kier alpha value is -0.870. The Kier molecular flexibility index (Phi) is 5.22. The van der Waals surface area contributed by atoms with Gasteiger partial charge in [0.05, 0.1) is 0 Å². The van der Waals surface area contributed by atoms with Crippen molar-refractivity contribution in [2.75, 3.05) is 21.1 Å². The fraction of sp³-hybridized carbons (Fsp3) is 0.812. The average Bonchev–Trinajstić information content (AvgIpc) is 3.06. The van der Waals surface area contributed by atoms with Gasteiger partial charge in [-0.25, -0.2) is 4.98 Å². The molecule has 1 aliphatic rings. The van der Waals surface area contributed by atoms with Crippen LogP contribution in [0.15, 0.2) is 12.4 Å². The molecular weight excluding hydrogens is 248 g/mol. The van der Waals surface area contributed by atoms with E-state index in [1.807, 2.05) is 6.20 Å². The molecule has 0 aliphatic heterocycles. The van der Waals surface area contributed by atoms with Crippen LogP contribution in [-0.4, -0.2) is 47.2 Å². The number of aromatic nitrogens is 2. The van der Waals surface area contributed by atoms with Crippen LogP contribution >= 0.6 is 0 Å². The van der Waals surface area contributed by atoms with Crippen molar-refractivity contribution in [3.63, 3.8) is 0 Å². The highest BCUT2D eigenvalue weighted by Gasteiger charge is 2.42. The van der Waals surface area contributed by atoms with Gasteiger partial charge in [0.25, 0.3) is 0 Å². The van der Waals surface area contributed by atoms with Gasteiger partial charge in [0, 0.05) is 36.9 Å². The first-order valence-electron chi connectivity index (χ1n) is 7.98. The zero-order valence-corrected chi connectivity index (χ0v) is 13.5. The van der Waals surface area contributed by atoms with Crippen molar-refractivity contribution in [1.82, 2.24) is 19.8 Å². The minimum atomic E-state index is 0.289. The molecular formula is C16H30N4. The molecule has 0 radical (unpaired) electrons. The summed E-state index contributed by atoms with van der Waals surface area (Å²) < 4.78 is 2.31. The minimum Gasteiger partial charge on any atom is -0.335 e. The maximum absolute atomic E-state index is 4.59. The van der Waals surface area contributed by atoms with E-state index in [0.717, 1.165) is 19.4 Å². The van der Waals surface area contributed by atoms with Crippen molar-refractivity contribution in [3.8, 4) is 0 Å². The van der Waals surface area contributed by atoms with E-state index in [1.54, 1.807) is 0 Å². The number of rotatable bonds is 7. The third kappa shape index (κ3) is 2.91. The largest absolute Gasteiger partial charge is 0.335 e. The number of likely N-dealkylation sites (N-methyl/N-ethyl adjacent to an activating group) is 2. The normalized spacial score (nSPS) is 19.6. The molecule has 20 heavy (non-hydrogen) atoms. The second kappa shape index (κ2) is 6.72. The summed E-state index contributed by atoms with van der Waals surface area (Å²) in [4.78, 5) is 7.03. The number of nitrogens with zero attached hydrogens (tertiary/aromatic N) is 3. The number of aryl methyl sites for hydroxylation is 1. The Labute approximate surface area is 123 Å². The van der Waals surface area contributed by atoms with Crippen LogP contribution in [0.3, 0.4) is 0 Å². The molecule has 0 aromatic carbocycles. The van der Waals surface area contributed by atoms with Crippen LogP contribution in [0.1, 0.15) is 44.9 Å². The predicted molar refractivity (Wildman–Crippen MR) is 84.0 cm³/mol. The summed E-state index contributed by atoms with van der Waals surface area (Å²) in [5.74, 6) is 1.22. The summed E-state index contributed by atoms with van der Waals surface area (Å²) in [6.07, 6.45) is 11.5. The maximum Gasteiger partial charge on any atom is 0.110 e. The smallest absolute Gasteiger partial charge is 0.110 e. The van der Waals surface area contributed by atoms with Gasteiger partial charge in [0.1, 0.15) is 5.82 Å². The summed E-state index contributed by atoms with van der Waals surface area (Å²) in [5.41, 5.74) is 0.289. The zero-order chi connectivity index (χ0) is 14.6. The molecule has 1 fully saturated rings. The molecule has 0 saturated heterocycles. The number of nitrogens with one attached hydrogen (secondary N) is 1. The Balaban J connectivity index is 2.17. The fourth-order valence-electron chi connectivity index (χ4n) is 3.81. The van der Waals surface area contributed by atoms with E-state index in [-0.39, 0.29) is 5.54 Å². The van der Waals surface area contributed by atoms with Crippen molar-refractivity contribution >= 4 is 0 Å². The Morgan fingerprint density at radius 3 is 2.65 bits per heavy atom. The van der Waals surface area contributed by atoms with Gasteiger partial charge in [-0.15, -0.1) is 0 Å². The lowest BCUT2D eigenvalue weighted by molar-refractivity contribution is 0.107. The van der Waals surface area contributed by atoms with Crippen molar-refractivity contribution in [1.29, 1.82) is 0 Å². The van der Waals surface area contributed by atoms with E-state index in [1.165, 1.54) is 31.5 Å². The van der Waals surface area contributed by atoms with E-state index in [9.17, 15) is 0 Å². The van der Waals surface area contributed by atoms with Crippen LogP contribution in [0.4, 0.5) is 0 Å². The molecule has 1 N–H and O–H groups in total. The van der Waals surface area contributed by atoms with Gasteiger partial charge in [0.2, 0.25) is 0 Å². The topological polar surface area (TPSA) is 33.1 Å². The number of imidazole rings is 1. The van der Waals surface area contributed by atoms with Gasteiger partial charge < -0.3 is 14.8 Å². The van der Waals surface area contributed by atoms with Crippen LogP contribution in [0.5, 0.6) is 0 Å². The zero-order valence-electron chi connectivity index (χ0n) is 13.5. The number of hydrogen-bond acceptors (Lipinski definition) is 3. The highest BCUT2D eigenvalue weighted by molar-refractivity contribution is 5.07. The first-order chi connectivity index (χ1) is 9.64. The SMILES string of the molecule is CCCn1ccnc1CC(NC)C1(N(C)C)CCCC1. The summed E-state index contributed by atoms with van der Waals surface area (Å²) in [6.45, 7) is 3.29. The van der Waals surface area contributed by atoms with E-state index < -0.39 is 0 Å². The standard InChI is InChI=1S/C16H30N4/c1-5-11-20-12-10-18-15(20)13-14(17-2)16(19(3)4)8-6-7-9-16/h10,12,14,17H,5-9,11,13H2,1-4H3. The molecule has 1 saturated carbocycles. The molecule has 114 valence electrons. The average molecular weight is 278 g/mol. The van der Waals surface area contributed by atoms with Gasteiger partial charge in [-0.1, -0.05) is 19.8 Å². The molecule has 1 unspecified atom stereocenters. The van der Waals surface area contributed by atoms with E-state index in [0.29, 0.717) is 6.04 Å². The van der Waals surface area contributed by atoms with E-state index in [4.69, 9.17) is 0 Å². The molecule has 0 spiro atoms. The highest BCUT2D eigenvalue weighted by atomic mass is 15.2. The molecule has 0 amide bonds. The van der Waals surface area contributed by atoms with Gasteiger partial charge in [-0.05, 0) is 40.4 Å². The van der Waals surface area contributed by atoms with Crippen LogP contribution in [0, 0.1) is 0 Å². The molecule has 2 rings (SSSR count). The lowest BCUT2D eigenvalue weighted by Gasteiger charge is -2.43. The summed E-state index contributed by atoms with van der Waals surface area (Å²) in [7, 11) is 6.56. The Morgan fingerprint density at radius 1 is 1.40 bits per heavy atom. The molecule has 0 bridgehead atoms. The van der Waals surface area contributed by atoms with Crippen LogP contribution in [0.2, 0.25) is 0 Å². The lowest BCUT2D eigenvalue weighted by atomic mass is 9.84. The molecule has 4 nitrogen and oxygen atoms in total. The van der Waals surface area contributed by atoms with Crippen LogP contribution < -0.4 is 5.32 Å². The second-order valence-corrected chi connectivity index (χ2v) is 6.29. The minimum absolute atomic E-state index is 0.289. The van der Waals surface area contributed by atoms with Crippen LogP contribution in [-0.2, 0) is 13.0 Å². The molecule has 1 atom stereocenters. The summed E-state index contributed by atoms with van der Waals surface area (Å²) >= 11 is 0. The predicted octanol–water partition coefficient (Wildman–Crippen LogP) is 2.30. The Morgan fingerprint density at radius 2 is 2.10 bits per heavy atom. The van der Waals surface area contributed by atoms with E-state index in [2.05, 4.69) is 54.0 Å². The summed E-state index contributed by atoms with van der Waals surface area (Å²) in [5, 5.41) is 3.58. The first-order valence-corrected chi connectivity index (χ1v) is 7.98.